The number of amides is 2. The van der Waals surface area contributed by atoms with Crippen molar-refractivity contribution in [2.75, 3.05) is 13.6 Å². The van der Waals surface area contributed by atoms with Gasteiger partial charge in [-0.3, -0.25) is 9.59 Å². The predicted octanol–water partition coefficient (Wildman–Crippen LogP) is 0.920. The highest BCUT2D eigenvalue weighted by Gasteiger charge is 2.34. The molecule has 1 fully saturated rings. The normalized spacial score (nSPS) is 18.0. The largest absolute Gasteiger partial charge is 0.380 e. The van der Waals surface area contributed by atoms with Crippen molar-refractivity contribution in [3.05, 3.63) is 22.4 Å². The molecule has 0 saturated heterocycles. The SMILES string of the molecule is CN(C(=O)[C@H](O)[C@@H](O)C(=O)NCCc1cccs1)C1CCCCC1. The third-order valence-electron chi connectivity index (χ3n) is 4.54. The van der Waals surface area contributed by atoms with E-state index in [0.29, 0.717) is 13.0 Å². The Kier molecular flexibility index (Phi) is 7.20. The second-order valence-corrected chi connectivity index (χ2v) is 7.28. The first-order chi connectivity index (χ1) is 11.5. The fraction of sp³-hybridized carbons (Fsp3) is 0.647. The summed E-state index contributed by atoms with van der Waals surface area (Å²) in [7, 11) is 1.63. The lowest BCUT2D eigenvalue weighted by Gasteiger charge is -2.33. The van der Waals surface area contributed by atoms with Crippen molar-refractivity contribution < 1.29 is 19.8 Å². The van der Waals surface area contributed by atoms with Crippen LogP contribution in [0, 0.1) is 0 Å². The van der Waals surface area contributed by atoms with E-state index in [1.54, 1.807) is 18.4 Å². The van der Waals surface area contributed by atoms with E-state index in [1.165, 1.54) is 4.90 Å². The highest BCUT2D eigenvalue weighted by molar-refractivity contribution is 7.09. The molecule has 1 aromatic rings. The van der Waals surface area contributed by atoms with E-state index < -0.39 is 24.0 Å². The summed E-state index contributed by atoms with van der Waals surface area (Å²) in [5.41, 5.74) is 0. The molecule has 6 nitrogen and oxygen atoms in total. The molecular weight excluding hydrogens is 328 g/mol. The molecule has 1 heterocycles. The van der Waals surface area contributed by atoms with Crippen molar-refractivity contribution in [2.45, 2.75) is 56.8 Å². The van der Waals surface area contributed by atoms with Crippen molar-refractivity contribution in [2.24, 2.45) is 0 Å². The molecule has 0 aliphatic heterocycles. The maximum atomic E-state index is 12.3. The average molecular weight is 354 g/mol. The molecule has 1 aromatic heterocycles. The van der Waals surface area contributed by atoms with Gasteiger partial charge in [0.15, 0.2) is 12.2 Å². The second-order valence-electron chi connectivity index (χ2n) is 6.25. The molecule has 0 aromatic carbocycles. The van der Waals surface area contributed by atoms with Crippen LogP contribution in [-0.2, 0) is 16.0 Å². The summed E-state index contributed by atoms with van der Waals surface area (Å²) in [5, 5.41) is 24.5. The number of aliphatic hydroxyl groups is 2. The van der Waals surface area contributed by atoms with Crippen LogP contribution in [0.4, 0.5) is 0 Å². The predicted molar refractivity (Wildman–Crippen MR) is 92.7 cm³/mol. The van der Waals surface area contributed by atoms with Crippen molar-refractivity contribution in [3.63, 3.8) is 0 Å². The monoisotopic (exact) mass is 354 g/mol. The third kappa shape index (κ3) is 5.03. The molecule has 2 atom stereocenters. The van der Waals surface area contributed by atoms with E-state index in [4.69, 9.17) is 0 Å². The van der Waals surface area contributed by atoms with Gasteiger partial charge in [-0.05, 0) is 30.7 Å². The first-order valence-corrected chi connectivity index (χ1v) is 9.31. The summed E-state index contributed by atoms with van der Waals surface area (Å²) in [6, 6.07) is 3.97. The zero-order chi connectivity index (χ0) is 17.5. The van der Waals surface area contributed by atoms with Gasteiger partial charge in [-0.1, -0.05) is 25.3 Å². The Morgan fingerprint density at radius 3 is 2.62 bits per heavy atom. The number of carbonyl (C=O) groups is 2. The van der Waals surface area contributed by atoms with Crippen molar-refractivity contribution in [1.29, 1.82) is 0 Å². The molecule has 1 aliphatic rings. The standard InChI is InChI=1S/C17H26N2O4S/c1-19(12-6-3-2-4-7-12)17(23)15(21)14(20)16(22)18-10-9-13-8-5-11-24-13/h5,8,11-12,14-15,20-21H,2-4,6-7,9-10H2,1H3,(H,18,22)/t14-,15-/m1/s1. The number of thiophene rings is 1. The minimum absolute atomic E-state index is 0.0787. The van der Waals surface area contributed by atoms with Crippen molar-refractivity contribution >= 4 is 23.2 Å². The van der Waals surface area contributed by atoms with Crippen LogP contribution < -0.4 is 5.32 Å². The van der Waals surface area contributed by atoms with E-state index in [9.17, 15) is 19.8 Å². The minimum Gasteiger partial charge on any atom is -0.380 e. The van der Waals surface area contributed by atoms with Crippen LogP contribution in [0.5, 0.6) is 0 Å². The fourth-order valence-corrected chi connectivity index (χ4v) is 3.71. The van der Waals surface area contributed by atoms with Crippen LogP contribution in [0.3, 0.4) is 0 Å². The Balaban J connectivity index is 1.79. The summed E-state index contributed by atoms with van der Waals surface area (Å²) in [5.74, 6) is -1.31. The average Bonchev–Trinajstić information content (AvgIpc) is 3.13. The summed E-state index contributed by atoms with van der Waals surface area (Å²) < 4.78 is 0. The van der Waals surface area contributed by atoms with Gasteiger partial charge in [-0.25, -0.2) is 0 Å². The number of hydrogen-bond acceptors (Lipinski definition) is 5. The first-order valence-electron chi connectivity index (χ1n) is 8.43. The van der Waals surface area contributed by atoms with Gasteiger partial charge in [0.05, 0.1) is 0 Å². The van der Waals surface area contributed by atoms with Crippen molar-refractivity contribution in [1.82, 2.24) is 10.2 Å². The smallest absolute Gasteiger partial charge is 0.254 e. The second kappa shape index (κ2) is 9.15. The Morgan fingerprint density at radius 1 is 1.29 bits per heavy atom. The topological polar surface area (TPSA) is 89.9 Å². The van der Waals surface area contributed by atoms with Gasteiger partial charge in [0.1, 0.15) is 0 Å². The van der Waals surface area contributed by atoms with Crippen LogP contribution >= 0.6 is 11.3 Å². The van der Waals surface area contributed by atoms with Gasteiger partial charge < -0.3 is 20.4 Å². The molecule has 7 heteroatoms. The Morgan fingerprint density at radius 2 is 2.00 bits per heavy atom. The quantitative estimate of drug-likeness (QED) is 0.679. The Hall–Kier alpha value is -1.44. The Bertz CT molecular complexity index is 529. The lowest BCUT2D eigenvalue weighted by molar-refractivity contribution is -0.154. The molecule has 2 amide bonds. The molecule has 3 N–H and O–H groups in total. The maximum Gasteiger partial charge on any atom is 0.254 e. The molecule has 0 unspecified atom stereocenters. The van der Waals surface area contributed by atoms with Gasteiger partial charge in [0.25, 0.3) is 11.8 Å². The van der Waals surface area contributed by atoms with E-state index in [-0.39, 0.29) is 6.04 Å². The molecular formula is C17H26N2O4S. The molecule has 0 spiro atoms. The van der Waals surface area contributed by atoms with E-state index >= 15 is 0 Å². The van der Waals surface area contributed by atoms with E-state index in [1.807, 2.05) is 17.5 Å². The lowest BCUT2D eigenvalue weighted by atomic mass is 9.94. The molecule has 0 radical (unpaired) electrons. The fourth-order valence-electron chi connectivity index (χ4n) is 3.00. The van der Waals surface area contributed by atoms with Crippen LogP contribution in [0.15, 0.2) is 17.5 Å². The number of rotatable bonds is 7. The summed E-state index contributed by atoms with van der Waals surface area (Å²) in [6.07, 6.45) is 2.27. The molecule has 24 heavy (non-hydrogen) atoms. The van der Waals surface area contributed by atoms with E-state index in [0.717, 1.165) is 37.0 Å². The lowest BCUT2D eigenvalue weighted by Crippen LogP contribution is -2.52. The van der Waals surface area contributed by atoms with Gasteiger partial charge in [0.2, 0.25) is 0 Å². The number of nitrogens with zero attached hydrogens (tertiary/aromatic N) is 1. The molecule has 0 bridgehead atoms. The van der Waals surface area contributed by atoms with Gasteiger partial charge >= 0.3 is 0 Å². The molecule has 1 aliphatic carbocycles. The maximum absolute atomic E-state index is 12.3. The van der Waals surface area contributed by atoms with Crippen LogP contribution in [-0.4, -0.2) is 58.8 Å². The van der Waals surface area contributed by atoms with E-state index in [2.05, 4.69) is 5.32 Å². The van der Waals surface area contributed by atoms with Crippen molar-refractivity contribution in [3.8, 4) is 0 Å². The number of likely N-dealkylation sites (N-methyl/N-ethyl adjacent to an activating group) is 1. The zero-order valence-electron chi connectivity index (χ0n) is 14.0. The number of aliphatic hydroxyl groups excluding tert-OH is 2. The Labute approximate surface area is 146 Å². The van der Waals surface area contributed by atoms with Crippen LogP contribution in [0.1, 0.15) is 37.0 Å². The minimum atomic E-state index is -1.74. The van der Waals surface area contributed by atoms with Gasteiger partial charge in [0, 0.05) is 24.5 Å². The number of nitrogens with one attached hydrogen (secondary N) is 1. The highest BCUT2D eigenvalue weighted by Crippen LogP contribution is 2.22. The van der Waals surface area contributed by atoms with Gasteiger partial charge in [-0.15, -0.1) is 11.3 Å². The summed E-state index contributed by atoms with van der Waals surface area (Å²) in [6.45, 7) is 0.357. The van der Waals surface area contributed by atoms with Crippen LogP contribution in [0.2, 0.25) is 0 Å². The number of hydrogen-bond donors (Lipinski definition) is 3. The molecule has 1 saturated carbocycles. The summed E-state index contributed by atoms with van der Waals surface area (Å²) in [4.78, 5) is 26.8. The van der Waals surface area contributed by atoms with Crippen LogP contribution in [0.25, 0.3) is 0 Å². The molecule has 2 rings (SSSR count). The highest BCUT2D eigenvalue weighted by atomic mass is 32.1. The zero-order valence-corrected chi connectivity index (χ0v) is 14.8. The molecule has 134 valence electrons. The summed E-state index contributed by atoms with van der Waals surface area (Å²) >= 11 is 1.59. The first kappa shape index (κ1) is 18.9. The third-order valence-corrected chi connectivity index (χ3v) is 5.48. The van der Waals surface area contributed by atoms with Gasteiger partial charge in [-0.2, -0.15) is 0 Å². The number of carbonyl (C=O) groups excluding carboxylic acids is 2.